The van der Waals surface area contributed by atoms with Gasteiger partial charge in [0.25, 0.3) is 5.91 Å². The van der Waals surface area contributed by atoms with Crippen LogP contribution in [0.25, 0.3) is 0 Å². The molecule has 0 saturated heterocycles. The SMILES string of the molecule is CCc1ccc(NC(=O)c2nnn(Cc3ccc(C)cc3)c2N)cc1. The van der Waals surface area contributed by atoms with Crippen LogP contribution in [0.4, 0.5) is 11.5 Å². The largest absolute Gasteiger partial charge is 0.382 e. The van der Waals surface area contributed by atoms with Gasteiger partial charge in [0.15, 0.2) is 11.5 Å². The Morgan fingerprint density at radius 3 is 2.36 bits per heavy atom. The Morgan fingerprint density at radius 1 is 1.08 bits per heavy atom. The molecule has 3 N–H and O–H groups in total. The van der Waals surface area contributed by atoms with E-state index in [1.807, 2.05) is 55.5 Å². The molecule has 0 unspecified atom stereocenters. The topological polar surface area (TPSA) is 85.8 Å². The van der Waals surface area contributed by atoms with Crippen molar-refractivity contribution in [2.24, 2.45) is 0 Å². The number of amides is 1. The lowest BCUT2D eigenvalue weighted by atomic mass is 10.1. The summed E-state index contributed by atoms with van der Waals surface area (Å²) >= 11 is 0. The second kappa shape index (κ2) is 7.17. The van der Waals surface area contributed by atoms with Crippen molar-refractivity contribution in [3.05, 3.63) is 70.9 Å². The molecule has 0 fully saturated rings. The highest BCUT2D eigenvalue weighted by Crippen LogP contribution is 2.15. The van der Waals surface area contributed by atoms with Gasteiger partial charge in [-0.15, -0.1) is 5.10 Å². The van der Waals surface area contributed by atoms with Crippen molar-refractivity contribution in [1.82, 2.24) is 15.0 Å². The molecular weight excluding hydrogens is 314 g/mol. The predicted octanol–water partition coefficient (Wildman–Crippen LogP) is 3.03. The smallest absolute Gasteiger partial charge is 0.280 e. The number of carbonyl (C=O) groups is 1. The molecule has 2 aromatic carbocycles. The number of benzene rings is 2. The lowest BCUT2D eigenvalue weighted by molar-refractivity contribution is 0.102. The maximum absolute atomic E-state index is 12.4. The molecule has 3 rings (SSSR count). The summed E-state index contributed by atoms with van der Waals surface area (Å²) in [6, 6.07) is 15.7. The van der Waals surface area contributed by atoms with Gasteiger partial charge in [-0.3, -0.25) is 4.79 Å². The van der Waals surface area contributed by atoms with Crippen molar-refractivity contribution in [3.8, 4) is 0 Å². The van der Waals surface area contributed by atoms with Crippen LogP contribution in [-0.2, 0) is 13.0 Å². The fraction of sp³-hybridized carbons (Fsp3) is 0.211. The molecular formula is C19H21N5O. The van der Waals surface area contributed by atoms with Crippen LogP contribution < -0.4 is 11.1 Å². The number of nitrogen functional groups attached to an aromatic ring is 1. The number of nitrogens with one attached hydrogen (secondary N) is 1. The van der Waals surface area contributed by atoms with E-state index in [-0.39, 0.29) is 17.4 Å². The van der Waals surface area contributed by atoms with Crippen LogP contribution in [-0.4, -0.2) is 20.9 Å². The number of aromatic nitrogens is 3. The first-order chi connectivity index (χ1) is 12.1. The van der Waals surface area contributed by atoms with Gasteiger partial charge in [0.05, 0.1) is 6.54 Å². The molecule has 1 amide bonds. The highest BCUT2D eigenvalue weighted by molar-refractivity contribution is 6.05. The minimum absolute atomic E-state index is 0.131. The lowest BCUT2D eigenvalue weighted by Gasteiger charge is -2.06. The first kappa shape index (κ1) is 16.7. The van der Waals surface area contributed by atoms with Crippen LogP contribution in [0.3, 0.4) is 0 Å². The number of aryl methyl sites for hydroxylation is 2. The summed E-state index contributed by atoms with van der Waals surface area (Å²) in [5, 5.41) is 10.7. The number of rotatable bonds is 5. The van der Waals surface area contributed by atoms with Gasteiger partial charge < -0.3 is 11.1 Å². The summed E-state index contributed by atoms with van der Waals surface area (Å²) < 4.78 is 1.53. The van der Waals surface area contributed by atoms with Crippen LogP contribution in [0.1, 0.15) is 34.1 Å². The molecule has 0 bridgehead atoms. The van der Waals surface area contributed by atoms with Crippen molar-refractivity contribution >= 4 is 17.4 Å². The van der Waals surface area contributed by atoms with E-state index in [9.17, 15) is 4.79 Å². The third-order valence-corrected chi connectivity index (χ3v) is 4.06. The maximum Gasteiger partial charge on any atom is 0.280 e. The Hall–Kier alpha value is -3.15. The van der Waals surface area contributed by atoms with Gasteiger partial charge in [-0.1, -0.05) is 54.1 Å². The Balaban J connectivity index is 1.72. The zero-order valence-corrected chi connectivity index (χ0v) is 14.4. The number of anilines is 2. The molecule has 6 nitrogen and oxygen atoms in total. The van der Waals surface area contributed by atoms with E-state index in [1.165, 1.54) is 15.8 Å². The van der Waals surface area contributed by atoms with E-state index in [1.54, 1.807) is 0 Å². The highest BCUT2D eigenvalue weighted by Gasteiger charge is 2.17. The Morgan fingerprint density at radius 2 is 1.72 bits per heavy atom. The van der Waals surface area contributed by atoms with E-state index in [0.717, 1.165) is 12.0 Å². The number of nitrogens with zero attached hydrogens (tertiary/aromatic N) is 3. The zero-order valence-electron chi connectivity index (χ0n) is 14.4. The molecule has 0 aliphatic carbocycles. The van der Waals surface area contributed by atoms with Crippen LogP contribution in [0.15, 0.2) is 48.5 Å². The Kier molecular flexibility index (Phi) is 4.79. The molecule has 128 valence electrons. The third-order valence-electron chi connectivity index (χ3n) is 4.06. The normalized spacial score (nSPS) is 10.6. The molecule has 0 aliphatic heterocycles. The number of hydrogen-bond donors (Lipinski definition) is 2. The van der Waals surface area contributed by atoms with Gasteiger partial charge in [-0.05, 0) is 36.6 Å². The van der Waals surface area contributed by atoms with Crippen LogP contribution in [0.5, 0.6) is 0 Å². The Labute approximate surface area is 146 Å². The minimum Gasteiger partial charge on any atom is -0.382 e. The van der Waals surface area contributed by atoms with Crippen molar-refractivity contribution in [1.29, 1.82) is 0 Å². The molecule has 0 spiro atoms. The second-order valence-corrected chi connectivity index (χ2v) is 5.97. The van der Waals surface area contributed by atoms with E-state index in [4.69, 9.17) is 5.73 Å². The van der Waals surface area contributed by atoms with Gasteiger partial charge >= 0.3 is 0 Å². The van der Waals surface area contributed by atoms with E-state index in [0.29, 0.717) is 12.2 Å². The predicted molar refractivity (Wildman–Crippen MR) is 98.5 cm³/mol. The second-order valence-electron chi connectivity index (χ2n) is 5.97. The number of carbonyl (C=O) groups excluding carboxylic acids is 1. The van der Waals surface area contributed by atoms with Crippen molar-refractivity contribution in [3.63, 3.8) is 0 Å². The standard InChI is InChI=1S/C19H21N5O/c1-3-14-8-10-16(11-9-14)21-19(25)17-18(20)24(23-22-17)12-15-6-4-13(2)5-7-15/h4-11H,3,12,20H2,1-2H3,(H,21,25). The summed E-state index contributed by atoms with van der Waals surface area (Å²) in [6.07, 6.45) is 0.953. The molecule has 0 atom stereocenters. The molecule has 25 heavy (non-hydrogen) atoms. The molecule has 6 heteroatoms. The molecule has 1 aromatic heterocycles. The summed E-state index contributed by atoms with van der Waals surface area (Å²) in [4.78, 5) is 12.4. The summed E-state index contributed by atoms with van der Waals surface area (Å²) in [6.45, 7) is 4.58. The average Bonchev–Trinajstić information content (AvgIpc) is 2.98. The zero-order chi connectivity index (χ0) is 17.8. The van der Waals surface area contributed by atoms with Crippen molar-refractivity contribution in [2.45, 2.75) is 26.8 Å². The summed E-state index contributed by atoms with van der Waals surface area (Å²) in [5.41, 5.74) is 10.3. The molecule has 0 aliphatic rings. The van der Waals surface area contributed by atoms with E-state index < -0.39 is 0 Å². The van der Waals surface area contributed by atoms with Gasteiger partial charge in [-0.25, -0.2) is 4.68 Å². The molecule has 0 radical (unpaired) electrons. The van der Waals surface area contributed by atoms with E-state index in [2.05, 4.69) is 22.6 Å². The first-order valence-corrected chi connectivity index (χ1v) is 8.21. The quantitative estimate of drug-likeness (QED) is 0.750. The fourth-order valence-electron chi connectivity index (χ4n) is 2.48. The van der Waals surface area contributed by atoms with Crippen LogP contribution >= 0.6 is 0 Å². The molecule has 0 saturated carbocycles. The van der Waals surface area contributed by atoms with Crippen molar-refractivity contribution < 1.29 is 4.79 Å². The minimum atomic E-state index is -0.364. The fourth-order valence-corrected chi connectivity index (χ4v) is 2.48. The number of hydrogen-bond acceptors (Lipinski definition) is 4. The number of nitrogens with two attached hydrogens (primary N) is 1. The summed E-state index contributed by atoms with van der Waals surface area (Å²) in [5.74, 6) is -0.111. The van der Waals surface area contributed by atoms with Crippen molar-refractivity contribution in [2.75, 3.05) is 11.1 Å². The van der Waals surface area contributed by atoms with Gasteiger partial charge in [0, 0.05) is 5.69 Å². The molecule has 3 aromatic rings. The average molecular weight is 335 g/mol. The monoisotopic (exact) mass is 335 g/mol. The first-order valence-electron chi connectivity index (χ1n) is 8.21. The van der Waals surface area contributed by atoms with Gasteiger partial charge in [0.1, 0.15) is 0 Å². The Bertz CT molecular complexity index is 866. The molecule has 1 heterocycles. The van der Waals surface area contributed by atoms with Gasteiger partial charge in [-0.2, -0.15) is 0 Å². The van der Waals surface area contributed by atoms with Gasteiger partial charge in [0.2, 0.25) is 0 Å². The maximum atomic E-state index is 12.4. The van der Waals surface area contributed by atoms with Crippen LogP contribution in [0.2, 0.25) is 0 Å². The third kappa shape index (κ3) is 3.85. The summed E-state index contributed by atoms with van der Waals surface area (Å²) in [7, 11) is 0. The lowest BCUT2D eigenvalue weighted by Crippen LogP contribution is -2.15. The van der Waals surface area contributed by atoms with Crippen LogP contribution in [0, 0.1) is 6.92 Å². The van der Waals surface area contributed by atoms with E-state index >= 15 is 0 Å². The highest BCUT2D eigenvalue weighted by atomic mass is 16.2.